The van der Waals surface area contributed by atoms with Crippen LogP contribution in [0, 0.1) is 0 Å². The fraction of sp³-hybridized carbons (Fsp3) is 0.321. The Morgan fingerprint density at radius 2 is 1.55 bits per heavy atom. The number of anilines is 2. The molecule has 0 aromatic heterocycles. The molecule has 0 radical (unpaired) electrons. The Balaban J connectivity index is 1.36. The Hall–Kier alpha value is -3.47. The number of unbranched alkanes of at least 4 members (excludes halogenated alkanes) is 3. The van der Waals surface area contributed by atoms with E-state index in [2.05, 4.69) is 29.7 Å². The van der Waals surface area contributed by atoms with E-state index in [1.54, 1.807) is 0 Å². The summed E-state index contributed by atoms with van der Waals surface area (Å²) < 4.78 is 11.6. The SMILES string of the molecule is CCCCCCOc1cccc(NCC(=O)Nc2ccc(OCCc3ccccc3)cc2)c1. The lowest BCUT2D eigenvalue weighted by molar-refractivity contribution is -0.114. The Bertz CT molecular complexity index is 958. The molecule has 3 aromatic rings. The topological polar surface area (TPSA) is 59.6 Å². The number of rotatable bonds is 14. The highest BCUT2D eigenvalue weighted by Gasteiger charge is 2.04. The first-order valence-electron chi connectivity index (χ1n) is 11.8. The van der Waals surface area contributed by atoms with Crippen LogP contribution in [-0.4, -0.2) is 25.7 Å². The lowest BCUT2D eigenvalue weighted by Gasteiger charge is -2.11. The minimum atomic E-state index is -0.112. The summed E-state index contributed by atoms with van der Waals surface area (Å²) in [4.78, 5) is 12.3. The van der Waals surface area contributed by atoms with Crippen LogP contribution in [0.25, 0.3) is 0 Å². The first-order chi connectivity index (χ1) is 16.2. The van der Waals surface area contributed by atoms with Crippen LogP contribution in [0.3, 0.4) is 0 Å². The van der Waals surface area contributed by atoms with Crippen molar-refractivity contribution < 1.29 is 14.3 Å². The van der Waals surface area contributed by atoms with Crippen molar-refractivity contribution in [3.63, 3.8) is 0 Å². The predicted octanol–water partition coefficient (Wildman–Crippen LogP) is 6.32. The van der Waals surface area contributed by atoms with Crippen molar-refractivity contribution in [3.05, 3.63) is 84.4 Å². The van der Waals surface area contributed by atoms with Gasteiger partial charge in [-0.2, -0.15) is 0 Å². The van der Waals surface area contributed by atoms with E-state index < -0.39 is 0 Å². The second kappa shape index (κ2) is 13.8. The van der Waals surface area contributed by atoms with E-state index in [0.717, 1.165) is 42.3 Å². The van der Waals surface area contributed by atoms with Gasteiger partial charge in [-0.1, -0.05) is 62.6 Å². The smallest absolute Gasteiger partial charge is 0.243 e. The molecule has 5 nitrogen and oxygen atoms in total. The van der Waals surface area contributed by atoms with Crippen molar-refractivity contribution in [1.82, 2.24) is 0 Å². The molecule has 1 amide bonds. The van der Waals surface area contributed by atoms with Gasteiger partial charge in [0, 0.05) is 23.9 Å². The van der Waals surface area contributed by atoms with Crippen LogP contribution in [0.2, 0.25) is 0 Å². The molecule has 174 valence electrons. The molecule has 0 spiro atoms. The summed E-state index contributed by atoms with van der Waals surface area (Å²) in [7, 11) is 0. The minimum Gasteiger partial charge on any atom is -0.494 e. The first-order valence-corrected chi connectivity index (χ1v) is 11.8. The minimum absolute atomic E-state index is 0.112. The van der Waals surface area contributed by atoms with Gasteiger partial charge in [0.1, 0.15) is 11.5 Å². The number of hydrogen-bond donors (Lipinski definition) is 2. The van der Waals surface area contributed by atoms with Crippen molar-refractivity contribution in [2.45, 2.75) is 39.0 Å². The third-order valence-electron chi connectivity index (χ3n) is 5.19. The molecular formula is C28H34N2O3. The highest BCUT2D eigenvalue weighted by molar-refractivity contribution is 5.93. The molecule has 0 unspecified atom stereocenters. The first kappa shape index (κ1) is 24.2. The van der Waals surface area contributed by atoms with Gasteiger partial charge in [0.2, 0.25) is 5.91 Å². The van der Waals surface area contributed by atoms with Gasteiger partial charge in [0.25, 0.3) is 0 Å². The number of hydrogen-bond acceptors (Lipinski definition) is 4. The molecule has 0 heterocycles. The predicted molar refractivity (Wildman–Crippen MR) is 135 cm³/mol. The summed E-state index contributed by atoms with van der Waals surface area (Å²) in [5.74, 6) is 1.49. The molecule has 0 aliphatic rings. The third kappa shape index (κ3) is 9.27. The van der Waals surface area contributed by atoms with Gasteiger partial charge in [-0.05, 0) is 48.4 Å². The maximum absolute atomic E-state index is 12.3. The molecule has 0 bridgehead atoms. The zero-order valence-corrected chi connectivity index (χ0v) is 19.4. The molecule has 0 aliphatic carbocycles. The molecule has 33 heavy (non-hydrogen) atoms. The molecule has 0 saturated carbocycles. The van der Waals surface area contributed by atoms with Gasteiger partial charge in [-0.15, -0.1) is 0 Å². The molecule has 3 aromatic carbocycles. The number of amides is 1. The average molecular weight is 447 g/mol. The fourth-order valence-corrected chi connectivity index (χ4v) is 3.37. The Kier molecular flexibility index (Phi) is 10.1. The lowest BCUT2D eigenvalue weighted by atomic mass is 10.2. The summed E-state index contributed by atoms with van der Waals surface area (Å²) in [5, 5.41) is 6.06. The zero-order chi connectivity index (χ0) is 23.1. The van der Waals surface area contributed by atoms with Crippen LogP contribution in [0.5, 0.6) is 11.5 Å². The molecular weight excluding hydrogens is 412 g/mol. The molecule has 0 aliphatic heterocycles. The van der Waals surface area contributed by atoms with Crippen LogP contribution in [0.15, 0.2) is 78.9 Å². The monoisotopic (exact) mass is 446 g/mol. The second-order valence-corrected chi connectivity index (χ2v) is 7.95. The standard InChI is InChI=1S/C28H34N2O3/c1-2-3-4-8-19-32-27-13-9-12-25(21-27)29-22-28(31)30-24-14-16-26(17-15-24)33-20-18-23-10-6-5-7-11-23/h5-7,9-17,21,29H,2-4,8,18-20,22H2,1H3,(H,30,31). The van der Waals surface area contributed by atoms with E-state index in [1.165, 1.54) is 24.8 Å². The van der Waals surface area contributed by atoms with E-state index in [4.69, 9.17) is 9.47 Å². The number of carbonyl (C=O) groups is 1. The maximum Gasteiger partial charge on any atom is 0.243 e. The maximum atomic E-state index is 12.3. The van der Waals surface area contributed by atoms with Crippen LogP contribution in [0.4, 0.5) is 11.4 Å². The van der Waals surface area contributed by atoms with Gasteiger partial charge in [-0.3, -0.25) is 4.79 Å². The molecule has 5 heteroatoms. The van der Waals surface area contributed by atoms with Gasteiger partial charge in [0.05, 0.1) is 19.8 Å². The highest BCUT2D eigenvalue weighted by atomic mass is 16.5. The van der Waals surface area contributed by atoms with Crippen molar-refractivity contribution in [3.8, 4) is 11.5 Å². The quantitative estimate of drug-likeness (QED) is 0.285. The molecule has 2 N–H and O–H groups in total. The summed E-state index contributed by atoms with van der Waals surface area (Å²) in [6, 6.07) is 25.4. The normalized spacial score (nSPS) is 10.5. The Morgan fingerprint density at radius 3 is 2.33 bits per heavy atom. The third-order valence-corrected chi connectivity index (χ3v) is 5.19. The van der Waals surface area contributed by atoms with E-state index in [1.807, 2.05) is 66.7 Å². The molecule has 0 fully saturated rings. The number of nitrogens with one attached hydrogen (secondary N) is 2. The summed E-state index contributed by atoms with van der Waals surface area (Å²) in [6.45, 7) is 3.70. The Morgan fingerprint density at radius 1 is 0.758 bits per heavy atom. The largest absolute Gasteiger partial charge is 0.494 e. The van der Waals surface area contributed by atoms with E-state index >= 15 is 0 Å². The average Bonchev–Trinajstić information content (AvgIpc) is 2.85. The second-order valence-electron chi connectivity index (χ2n) is 7.95. The van der Waals surface area contributed by atoms with E-state index in [0.29, 0.717) is 6.61 Å². The molecule has 0 saturated heterocycles. The van der Waals surface area contributed by atoms with E-state index in [9.17, 15) is 4.79 Å². The van der Waals surface area contributed by atoms with Crippen LogP contribution >= 0.6 is 0 Å². The van der Waals surface area contributed by atoms with Crippen LogP contribution < -0.4 is 20.1 Å². The van der Waals surface area contributed by atoms with Gasteiger partial charge in [0.15, 0.2) is 0 Å². The van der Waals surface area contributed by atoms with Gasteiger partial charge >= 0.3 is 0 Å². The zero-order valence-electron chi connectivity index (χ0n) is 19.4. The van der Waals surface area contributed by atoms with Crippen molar-refractivity contribution >= 4 is 17.3 Å². The van der Waals surface area contributed by atoms with E-state index in [-0.39, 0.29) is 12.5 Å². The summed E-state index contributed by atoms with van der Waals surface area (Å²) in [5.41, 5.74) is 2.85. The number of benzene rings is 3. The number of carbonyl (C=O) groups excluding carboxylic acids is 1. The Labute approximate surface area is 197 Å². The van der Waals surface area contributed by atoms with Crippen LogP contribution in [0.1, 0.15) is 38.2 Å². The molecule has 3 rings (SSSR count). The molecule has 0 atom stereocenters. The van der Waals surface area contributed by atoms with Gasteiger partial charge in [-0.25, -0.2) is 0 Å². The lowest BCUT2D eigenvalue weighted by Crippen LogP contribution is -2.21. The summed E-state index contributed by atoms with van der Waals surface area (Å²) in [6.07, 6.45) is 5.56. The van der Waals surface area contributed by atoms with Crippen LogP contribution in [-0.2, 0) is 11.2 Å². The fourth-order valence-electron chi connectivity index (χ4n) is 3.37. The van der Waals surface area contributed by atoms with Crippen molar-refractivity contribution in [2.24, 2.45) is 0 Å². The van der Waals surface area contributed by atoms with Gasteiger partial charge < -0.3 is 20.1 Å². The highest BCUT2D eigenvalue weighted by Crippen LogP contribution is 2.19. The van der Waals surface area contributed by atoms with Crippen molar-refractivity contribution in [1.29, 1.82) is 0 Å². The summed E-state index contributed by atoms with van der Waals surface area (Å²) >= 11 is 0. The number of ether oxygens (including phenoxy) is 2. The van der Waals surface area contributed by atoms with Crippen molar-refractivity contribution in [2.75, 3.05) is 30.4 Å².